The summed E-state index contributed by atoms with van der Waals surface area (Å²) in [4.78, 5) is 30.9. The Balaban J connectivity index is 0.00000451. The summed E-state index contributed by atoms with van der Waals surface area (Å²) >= 11 is 1.30. The van der Waals surface area contributed by atoms with E-state index in [1.807, 2.05) is 48.2 Å². The third-order valence-electron chi connectivity index (χ3n) is 8.23. The van der Waals surface area contributed by atoms with Gasteiger partial charge in [-0.05, 0) is 93.4 Å². The zero-order valence-corrected chi connectivity index (χ0v) is 30.2. The van der Waals surface area contributed by atoms with Crippen molar-refractivity contribution in [2.45, 2.75) is 45.6 Å². The van der Waals surface area contributed by atoms with Gasteiger partial charge >= 0.3 is 15.2 Å². The molecule has 13 heteroatoms. The van der Waals surface area contributed by atoms with Gasteiger partial charge in [-0.15, -0.1) is 5.11 Å². The van der Waals surface area contributed by atoms with Gasteiger partial charge < -0.3 is 21.9 Å². The number of sulfonamides is 1. The van der Waals surface area contributed by atoms with Crippen molar-refractivity contribution < 1.29 is 39.6 Å². The van der Waals surface area contributed by atoms with Gasteiger partial charge in [0.15, 0.2) is 0 Å². The van der Waals surface area contributed by atoms with Crippen LogP contribution >= 0.6 is 11.3 Å². The lowest BCUT2D eigenvalue weighted by Gasteiger charge is -2.27. The van der Waals surface area contributed by atoms with Crippen LogP contribution in [0.5, 0.6) is 0 Å². The third kappa shape index (κ3) is 6.49. The fraction of sp³-hybridized carbons (Fsp3) is 0.229. The second-order valence-electron chi connectivity index (χ2n) is 11.2. The highest BCUT2D eigenvalue weighted by Gasteiger charge is 2.35. The molecular weight excluding hydrogens is 712 g/mol. The molecule has 6 rings (SSSR count). The highest BCUT2D eigenvalue weighted by atomic mass is 79.9. The summed E-state index contributed by atoms with van der Waals surface area (Å²) in [7, 11) is -3.89. The Hall–Kier alpha value is -4.46. The van der Waals surface area contributed by atoms with E-state index < -0.39 is 21.8 Å². The number of thiazole rings is 1. The molecule has 2 amide bonds. The standard InChI is InChI=1S/C35H34N6O4S2.BrH/c1-5-19-40-20-21-46-35(40)38-47(44,45)26-14-11-24(12-15-26)41-33(42)28-10-8-9-27-31(18-16-29(32(27)28)34(41)43)37-36-30-17-13-25(22-23(30)4)39(6-2)7-3;/h8-18,20-22H,5-7,19H2,1-4H3;1H. The number of azo groups is 1. The van der Waals surface area contributed by atoms with Crippen LogP contribution < -0.4 is 36.1 Å². The fourth-order valence-electron chi connectivity index (χ4n) is 5.80. The number of hydrogen-bond donors (Lipinski definition) is 1. The van der Waals surface area contributed by atoms with Crippen molar-refractivity contribution in [2.75, 3.05) is 27.6 Å². The lowest BCUT2D eigenvalue weighted by Crippen LogP contribution is -3.00. The molecule has 0 radical (unpaired) electrons. The molecule has 48 heavy (non-hydrogen) atoms. The molecule has 2 heterocycles. The maximum atomic E-state index is 13.8. The molecule has 0 fully saturated rings. The van der Waals surface area contributed by atoms with E-state index in [9.17, 15) is 18.0 Å². The van der Waals surface area contributed by atoms with Crippen molar-refractivity contribution in [1.29, 1.82) is 0 Å². The van der Waals surface area contributed by atoms with Gasteiger partial charge in [-0.2, -0.15) is 18.3 Å². The molecular formula is C35H35BrN6O4S2. The van der Waals surface area contributed by atoms with Gasteiger partial charge in [-0.25, -0.2) is 9.47 Å². The average molecular weight is 748 g/mol. The monoisotopic (exact) mass is 746 g/mol. The van der Waals surface area contributed by atoms with E-state index >= 15 is 0 Å². The zero-order chi connectivity index (χ0) is 33.3. The molecule has 0 atom stereocenters. The van der Waals surface area contributed by atoms with Crippen LogP contribution in [0.4, 0.5) is 27.9 Å². The number of rotatable bonds is 11. The van der Waals surface area contributed by atoms with Crippen LogP contribution in [-0.4, -0.2) is 33.3 Å². The van der Waals surface area contributed by atoms with Crippen LogP contribution in [0.3, 0.4) is 0 Å². The number of hydrogen-bond acceptors (Lipinski definition) is 8. The highest BCUT2D eigenvalue weighted by molar-refractivity contribution is 7.93. The van der Waals surface area contributed by atoms with Gasteiger partial charge in [-0.3, -0.25) is 9.59 Å². The van der Waals surface area contributed by atoms with Gasteiger partial charge in [0.25, 0.3) is 11.8 Å². The minimum absolute atomic E-state index is 0. The van der Waals surface area contributed by atoms with Crippen molar-refractivity contribution in [3.63, 3.8) is 0 Å². The summed E-state index contributed by atoms with van der Waals surface area (Å²) in [5, 5.41) is 12.5. The Morgan fingerprint density at radius 3 is 2.21 bits per heavy atom. The lowest BCUT2D eigenvalue weighted by molar-refractivity contribution is -0.678. The number of carbonyl (C=O) groups is 2. The molecule has 1 aromatic heterocycles. The number of aromatic nitrogens is 1. The smallest absolute Gasteiger partial charge is 0.349 e. The molecule has 5 aromatic rings. The van der Waals surface area contributed by atoms with E-state index in [1.165, 1.54) is 35.6 Å². The predicted octanol–water partition coefficient (Wildman–Crippen LogP) is 4.77. The van der Waals surface area contributed by atoms with Crippen molar-refractivity contribution in [3.05, 3.63) is 101 Å². The van der Waals surface area contributed by atoms with Gasteiger partial charge in [0.1, 0.15) is 11.1 Å². The molecule has 248 valence electrons. The Labute approximate surface area is 294 Å². The Morgan fingerprint density at radius 2 is 1.54 bits per heavy atom. The molecule has 0 bridgehead atoms. The minimum atomic E-state index is -3.89. The molecule has 0 saturated heterocycles. The van der Waals surface area contributed by atoms with Gasteiger partial charge in [-0.1, -0.05) is 30.4 Å². The van der Waals surface area contributed by atoms with E-state index in [4.69, 9.17) is 0 Å². The lowest BCUT2D eigenvalue weighted by atomic mass is 9.93. The normalized spacial score (nSPS) is 12.9. The minimum Gasteiger partial charge on any atom is -1.00 e. The second kappa shape index (κ2) is 14.3. The van der Waals surface area contributed by atoms with E-state index in [0.717, 1.165) is 41.3 Å². The van der Waals surface area contributed by atoms with Gasteiger partial charge in [0, 0.05) is 46.1 Å². The third-order valence-corrected chi connectivity index (χ3v) is 10.5. The van der Waals surface area contributed by atoms with Crippen molar-refractivity contribution in [2.24, 2.45) is 10.2 Å². The summed E-state index contributed by atoms with van der Waals surface area (Å²) in [5.74, 6) is -1.00. The summed E-state index contributed by atoms with van der Waals surface area (Å²) in [6, 6.07) is 20.5. The van der Waals surface area contributed by atoms with Crippen LogP contribution in [0.25, 0.3) is 10.8 Å². The van der Waals surface area contributed by atoms with Crippen LogP contribution in [-0.2, 0) is 16.6 Å². The number of imide groups is 1. The Bertz CT molecular complexity index is 2120. The second-order valence-corrected chi connectivity index (χ2v) is 13.7. The molecule has 1 aliphatic heterocycles. The number of nitrogens with zero attached hydrogens (tertiary/aromatic N) is 5. The average Bonchev–Trinajstić information content (AvgIpc) is 3.50. The first kappa shape index (κ1) is 34.9. The first-order valence-electron chi connectivity index (χ1n) is 15.5. The molecule has 0 spiro atoms. The quantitative estimate of drug-likeness (QED) is 0.119. The van der Waals surface area contributed by atoms with Crippen molar-refractivity contribution in [1.82, 2.24) is 0 Å². The van der Waals surface area contributed by atoms with Crippen LogP contribution in [0.2, 0.25) is 0 Å². The van der Waals surface area contributed by atoms with Crippen molar-refractivity contribution >= 4 is 71.8 Å². The molecule has 0 aliphatic carbocycles. The fourth-order valence-corrected chi connectivity index (χ4v) is 7.90. The molecule has 0 unspecified atom stereocenters. The van der Waals surface area contributed by atoms with E-state index in [-0.39, 0.29) is 27.6 Å². The summed E-state index contributed by atoms with van der Waals surface area (Å²) in [6.07, 6.45) is 2.69. The molecule has 10 nitrogen and oxygen atoms in total. The number of carbonyl (C=O) groups excluding carboxylic acids is 2. The number of benzene rings is 4. The van der Waals surface area contributed by atoms with E-state index in [2.05, 4.69) is 39.8 Å². The number of halogens is 1. The molecule has 1 N–H and O–H groups in total. The summed E-state index contributed by atoms with van der Waals surface area (Å²) < 4.78 is 30.8. The molecule has 0 saturated carbocycles. The first-order chi connectivity index (χ1) is 22.7. The topological polar surface area (TPSA) is 115 Å². The number of anilines is 3. The van der Waals surface area contributed by atoms with E-state index in [0.29, 0.717) is 39.3 Å². The number of nitrogens with one attached hydrogen (secondary N) is 1. The van der Waals surface area contributed by atoms with Crippen LogP contribution in [0.1, 0.15) is 53.5 Å². The Kier molecular flexibility index (Phi) is 10.4. The SMILES string of the molecule is CCC[n+]1ccsc1NS(=O)(=O)c1ccc(N2C(=O)c3cccc4c(N=Nc5ccc(N(CC)CC)cc5C)ccc(c34)C2=O)cc1.[Br-]. The number of aryl methyl sites for hydroxylation is 2. The number of amides is 2. The predicted molar refractivity (Wildman–Crippen MR) is 186 cm³/mol. The zero-order valence-electron chi connectivity index (χ0n) is 27.0. The van der Waals surface area contributed by atoms with E-state index in [1.54, 1.807) is 24.3 Å². The summed E-state index contributed by atoms with van der Waals surface area (Å²) in [6.45, 7) is 10.8. The van der Waals surface area contributed by atoms with Crippen molar-refractivity contribution in [3.8, 4) is 0 Å². The molecule has 1 aliphatic rings. The van der Waals surface area contributed by atoms with Gasteiger partial charge in [0.2, 0.25) is 0 Å². The maximum absolute atomic E-state index is 13.8. The maximum Gasteiger partial charge on any atom is 0.349 e. The van der Waals surface area contributed by atoms with Crippen LogP contribution in [0, 0.1) is 6.92 Å². The van der Waals surface area contributed by atoms with Crippen LogP contribution in [0.15, 0.2) is 99.5 Å². The largest absolute Gasteiger partial charge is 1.00 e. The first-order valence-corrected chi connectivity index (χ1v) is 17.8. The highest BCUT2D eigenvalue weighted by Crippen LogP contribution is 2.38. The molecule has 4 aromatic carbocycles. The summed E-state index contributed by atoms with van der Waals surface area (Å²) in [5.41, 5.74) is 4.36. The Morgan fingerprint density at radius 1 is 0.875 bits per heavy atom. The van der Waals surface area contributed by atoms with Gasteiger partial charge in [0.05, 0.1) is 23.6 Å².